The van der Waals surface area contributed by atoms with Gasteiger partial charge in [-0.3, -0.25) is 0 Å². The number of nitrogens with one attached hydrogen (secondary N) is 1. The summed E-state index contributed by atoms with van der Waals surface area (Å²) in [6, 6.07) is 7.67. The lowest BCUT2D eigenvalue weighted by atomic mass is 10.2. The molecule has 0 saturated carbocycles. The van der Waals surface area contributed by atoms with Crippen LogP contribution in [0.5, 0.6) is 5.75 Å². The molecule has 20 heavy (non-hydrogen) atoms. The van der Waals surface area contributed by atoms with Crippen molar-refractivity contribution in [1.29, 1.82) is 0 Å². The van der Waals surface area contributed by atoms with Gasteiger partial charge in [0.2, 0.25) is 5.82 Å². The van der Waals surface area contributed by atoms with Gasteiger partial charge in [-0.25, -0.2) is 0 Å². The Bertz CT molecular complexity index is 540. The number of halogens is 1. The monoisotopic (exact) mass is 297 g/mol. The molecule has 6 nitrogen and oxygen atoms in total. The molecular weight excluding hydrogens is 282 g/mol. The van der Waals surface area contributed by atoms with E-state index in [1.807, 2.05) is 24.3 Å². The molecule has 0 bridgehead atoms. The van der Waals surface area contributed by atoms with Crippen molar-refractivity contribution in [3.63, 3.8) is 0 Å². The van der Waals surface area contributed by atoms with Gasteiger partial charge in [0, 0.05) is 25.8 Å². The average Bonchev–Trinajstić information content (AvgIpc) is 2.84. The maximum atomic E-state index is 5.74. The molecule has 0 unspecified atom stereocenters. The van der Waals surface area contributed by atoms with Gasteiger partial charge >= 0.3 is 0 Å². The third kappa shape index (κ3) is 3.27. The largest absolute Gasteiger partial charge is 0.488 e. The van der Waals surface area contributed by atoms with E-state index in [-0.39, 0.29) is 18.5 Å². The van der Waals surface area contributed by atoms with Gasteiger partial charge in [-0.1, -0.05) is 5.16 Å². The van der Waals surface area contributed by atoms with E-state index in [4.69, 9.17) is 14.0 Å². The van der Waals surface area contributed by atoms with E-state index in [1.165, 1.54) is 0 Å². The van der Waals surface area contributed by atoms with Gasteiger partial charge in [0.1, 0.15) is 18.5 Å². The zero-order valence-corrected chi connectivity index (χ0v) is 11.9. The summed E-state index contributed by atoms with van der Waals surface area (Å²) < 4.78 is 15.7. The molecule has 2 aromatic rings. The van der Waals surface area contributed by atoms with Gasteiger partial charge < -0.3 is 19.3 Å². The summed E-state index contributed by atoms with van der Waals surface area (Å²) in [5, 5.41) is 7.07. The van der Waals surface area contributed by atoms with Crippen LogP contribution < -0.4 is 10.1 Å². The average molecular weight is 298 g/mol. The smallest absolute Gasteiger partial charge is 0.252 e. The second-order valence-corrected chi connectivity index (χ2v) is 4.37. The Morgan fingerprint density at radius 1 is 1.30 bits per heavy atom. The summed E-state index contributed by atoms with van der Waals surface area (Å²) in [5.74, 6) is 1.89. The number of ether oxygens (including phenoxy) is 2. The number of hydrogen-bond donors (Lipinski definition) is 1. The molecule has 1 aromatic carbocycles. The Balaban J connectivity index is 0.00000147. The zero-order valence-electron chi connectivity index (χ0n) is 11.0. The number of nitrogens with zero attached hydrogens (tertiary/aromatic N) is 2. The molecule has 1 aromatic heterocycles. The summed E-state index contributed by atoms with van der Waals surface area (Å²) in [6.07, 6.45) is 0.282. The van der Waals surface area contributed by atoms with Crippen molar-refractivity contribution in [2.24, 2.45) is 0 Å². The van der Waals surface area contributed by atoms with Crippen LogP contribution in [0.3, 0.4) is 0 Å². The van der Waals surface area contributed by atoms with Crippen LogP contribution in [0.15, 0.2) is 28.8 Å². The highest BCUT2D eigenvalue weighted by Crippen LogP contribution is 2.21. The van der Waals surface area contributed by atoms with E-state index in [2.05, 4.69) is 15.5 Å². The van der Waals surface area contributed by atoms with Crippen LogP contribution in [0.4, 0.5) is 0 Å². The van der Waals surface area contributed by atoms with Crippen LogP contribution in [0.1, 0.15) is 5.89 Å². The number of hydrogen-bond acceptors (Lipinski definition) is 6. The van der Waals surface area contributed by atoms with E-state index in [9.17, 15) is 0 Å². The summed E-state index contributed by atoms with van der Waals surface area (Å²) in [7, 11) is 1.59. The van der Waals surface area contributed by atoms with Crippen molar-refractivity contribution in [3.8, 4) is 17.1 Å². The van der Waals surface area contributed by atoms with Crippen LogP contribution >= 0.6 is 12.4 Å². The van der Waals surface area contributed by atoms with Gasteiger partial charge in [0.05, 0.1) is 0 Å². The van der Waals surface area contributed by atoms with Gasteiger partial charge in [0.15, 0.2) is 0 Å². The molecule has 2 heterocycles. The maximum Gasteiger partial charge on any atom is 0.252 e. The van der Waals surface area contributed by atoms with Gasteiger partial charge in [-0.2, -0.15) is 4.98 Å². The van der Waals surface area contributed by atoms with Gasteiger partial charge in [0.25, 0.3) is 5.89 Å². The molecule has 1 aliphatic heterocycles. The standard InChI is InChI=1S/C13H15N3O3.ClH/c1-17-8-12-15-13(16-19-12)9-2-4-10(5-3-9)18-11-6-14-7-11;/h2-5,11,14H,6-8H2,1H3;1H. The highest BCUT2D eigenvalue weighted by molar-refractivity contribution is 5.85. The quantitative estimate of drug-likeness (QED) is 0.905. The van der Waals surface area contributed by atoms with Gasteiger partial charge in [-0.05, 0) is 24.3 Å². The summed E-state index contributed by atoms with van der Waals surface area (Å²) in [5.41, 5.74) is 0.894. The lowest BCUT2D eigenvalue weighted by molar-refractivity contribution is 0.142. The highest BCUT2D eigenvalue weighted by atomic mass is 35.5. The first kappa shape index (κ1) is 14.8. The Labute approximate surface area is 122 Å². The molecule has 1 saturated heterocycles. The summed E-state index contributed by atoms with van der Waals surface area (Å²) in [4.78, 5) is 4.23. The van der Waals surface area contributed by atoms with E-state index >= 15 is 0 Å². The predicted molar refractivity (Wildman–Crippen MR) is 75.0 cm³/mol. The fourth-order valence-corrected chi connectivity index (χ4v) is 1.77. The molecular formula is C13H16ClN3O3. The first-order valence-corrected chi connectivity index (χ1v) is 6.14. The van der Waals surface area contributed by atoms with Crippen LogP contribution in [0.2, 0.25) is 0 Å². The zero-order chi connectivity index (χ0) is 13.1. The topological polar surface area (TPSA) is 69.4 Å². The molecule has 0 amide bonds. The SMILES string of the molecule is COCc1nc(-c2ccc(OC3CNC3)cc2)no1.Cl. The summed E-state index contributed by atoms with van der Waals surface area (Å²) >= 11 is 0. The number of rotatable bonds is 5. The molecule has 0 atom stereocenters. The second kappa shape index (κ2) is 6.69. The van der Waals surface area contributed by atoms with Crippen LogP contribution in [-0.4, -0.2) is 36.4 Å². The molecule has 1 aliphatic rings. The van der Waals surface area contributed by atoms with E-state index in [0.29, 0.717) is 18.3 Å². The molecule has 7 heteroatoms. The minimum absolute atomic E-state index is 0. The van der Waals surface area contributed by atoms with Crippen LogP contribution in [0.25, 0.3) is 11.4 Å². The first-order chi connectivity index (χ1) is 9.35. The highest BCUT2D eigenvalue weighted by Gasteiger charge is 2.18. The lowest BCUT2D eigenvalue weighted by Gasteiger charge is -2.27. The van der Waals surface area contributed by atoms with E-state index in [1.54, 1.807) is 7.11 Å². The first-order valence-electron chi connectivity index (χ1n) is 6.14. The lowest BCUT2D eigenvalue weighted by Crippen LogP contribution is -2.50. The normalized spacial score (nSPS) is 14.4. The van der Waals surface area contributed by atoms with Crippen molar-refractivity contribution < 1.29 is 14.0 Å². The number of benzene rings is 1. The van der Waals surface area contributed by atoms with E-state index in [0.717, 1.165) is 24.4 Å². The molecule has 3 rings (SSSR count). The van der Waals surface area contributed by atoms with Crippen LogP contribution in [0, 0.1) is 0 Å². The van der Waals surface area contributed by atoms with Crippen molar-refractivity contribution in [2.75, 3.05) is 20.2 Å². The van der Waals surface area contributed by atoms with E-state index < -0.39 is 0 Å². The van der Waals surface area contributed by atoms with Crippen molar-refractivity contribution in [2.45, 2.75) is 12.7 Å². The van der Waals surface area contributed by atoms with Crippen LogP contribution in [-0.2, 0) is 11.3 Å². The van der Waals surface area contributed by atoms with Crippen molar-refractivity contribution >= 4 is 12.4 Å². The molecule has 1 fully saturated rings. The predicted octanol–water partition coefficient (Wildman–Crippen LogP) is 1.66. The maximum absolute atomic E-state index is 5.74. The Hall–Kier alpha value is -1.63. The Morgan fingerprint density at radius 2 is 2.05 bits per heavy atom. The fourth-order valence-electron chi connectivity index (χ4n) is 1.77. The third-order valence-corrected chi connectivity index (χ3v) is 2.90. The van der Waals surface area contributed by atoms with Gasteiger partial charge in [-0.15, -0.1) is 12.4 Å². The minimum atomic E-state index is 0. The third-order valence-electron chi connectivity index (χ3n) is 2.90. The second-order valence-electron chi connectivity index (χ2n) is 4.37. The van der Waals surface area contributed by atoms with Crippen molar-refractivity contribution in [3.05, 3.63) is 30.2 Å². The number of methoxy groups -OCH3 is 1. The van der Waals surface area contributed by atoms with Crippen molar-refractivity contribution in [1.82, 2.24) is 15.5 Å². The molecule has 0 spiro atoms. The Kier molecular flexibility index (Phi) is 4.94. The molecule has 0 aliphatic carbocycles. The minimum Gasteiger partial charge on any atom is -0.488 e. The molecule has 0 radical (unpaired) electrons. The molecule has 108 valence electrons. The number of aromatic nitrogens is 2. The summed E-state index contributed by atoms with van der Waals surface area (Å²) in [6.45, 7) is 2.14. The fraction of sp³-hybridized carbons (Fsp3) is 0.385. The Morgan fingerprint density at radius 3 is 2.65 bits per heavy atom. The molecule has 1 N–H and O–H groups in total.